The lowest BCUT2D eigenvalue weighted by molar-refractivity contribution is -0.113. The summed E-state index contributed by atoms with van der Waals surface area (Å²) in [7, 11) is 0. The number of nitrogens with one attached hydrogen (secondary N) is 1. The summed E-state index contributed by atoms with van der Waals surface area (Å²) >= 11 is 0. The van der Waals surface area contributed by atoms with Crippen molar-refractivity contribution >= 4 is 11.6 Å². The van der Waals surface area contributed by atoms with E-state index in [1.54, 1.807) is 0 Å². The van der Waals surface area contributed by atoms with Gasteiger partial charge in [0.1, 0.15) is 5.76 Å². The maximum absolute atomic E-state index is 12.4. The summed E-state index contributed by atoms with van der Waals surface area (Å²) in [6.07, 6.45) is 1.83. The summed E-state index contributed by atoms with van der Waals surface area (Å²) in [6, 6.07) is 6.25. The smallest absolute Gasteiger partial charge is 0.255 e. The molecule has 1 aromatic carbocycles. The summed E-state index contributed by atoms with van der Waals surface area (Å²) in [6.45, 7) is 9.28. The fraction of sp³-hybridized carbons (Fsp3) is 0.500. The van der Waals surface area contributed by atoms with Crippen molar-refractivity contribution in [2.24, 2.45) is 0 Å². The van der Waals surface area contributed by atoms with E-state index in [0.29, 0.717) is 18.9 Å². The van der Waals surface area contributed by atoms with Gasteiger partial charge in [-0.15, -0.1) is 0 Å². The third-order valence-corrected chi connectivity index (χ3v) is 4.76. The van der Waals surface area contributed by atoms with E-state index in [2.05, 4.69) is 32.2 Å². The Hall–Kier alpha value is -1.77. The Balaban J connectivity index is 1.93. The maximum atomic E-state index is 12.4. The first kappa shape index (κ1) is 14.2. The highest BCUT2D eigenvalue weighted by atomic mass is 16.5. The molecule has 0 radical (unpaired) electrons. The van der Waals surface area contributed by atoms with E-state index in [4.69, 9.17) is 4.74 Å². The van der Waals surface area contributed by atoms with Crippen molar-refractivity contribution in [2.45, 2.75) is 51.9 Å². The number of allylic oxidation sites excluding steroid dienone is 1. The van der Waals surface area contributed by atoms with Crippen LogP contribution in [0.1, 0.15) is 57.6 Å². The molecule has 1 atom stereocenters. The molecule has 2 aliphatic rings. The maximum Gasteiger partial charge on any atom is 0.255 e. The van der Waals surface area contributed by atoms with E-state index in [1.807, 2.05) is 19.1 Å². The van der Waals surface area contributed by atoms with Crippen molar-refractivity contribution in [1.29, 1.82) is 0 Å². The van der Waals surface area contributed by atoms with Crippen LogP contribution >= 0.6 is 0 Å². The molecule has 1 aliphatic heterocycles. The fourth-order valence-electron chi connectivity index (χ4n) is 3.81. The Morgan fingerprint density at radius 3 is 2.81 bits per heavy atom. The van der Waals surface area contributed by atoms with E-state index < -0.39 is 0 Å². The van der Waals surface area contributed by atoms with E-state index in [-0.39, 0.29) is 11.3 Å². The molecule has 1 aliphatic carbocycles. The molecular formula is C18H23NO2. The van der Waals surface area contributed by atoms with Gasteiger partial charge in [-0.2, -0.15) is 0 Å². The number of carbonyl (C=O) groups excluding carboxylic acids is 1. The molecule has 0 saturated heterocycles. The molecule has 3 rings (SSSR count). The molecule has 1 amide bonds. The Morgan fingerprint density at radius 2 is 2.14 bits per heavy atom. The Bertz CT molecular complexity index is 628. The van der Waals surface area contributed by atoms with Gasteiger partial charge >= 0.3 is 0 Å². The first-order valence-electron chi connectivity index (χ1n) is 7.67. The monoisotopic (exact) mass is 285 g/mol. The van der Waals surface area contributed by atoms with Gasteiger partial charge in [0.05, 0.1) is 12.2 Å². The molecule has 1 unspecified atom stereocenters. The third-order valence-electron chi connectivity index (χ3n) is 4.76. The van der Waals surface area contributed by atoms with Gasteiger partial charge in [0.15, 0.2) is 0 Å². The number of carbonyl (C=O) groups is 1. The van der Waals surface area contributed by atoms with Crippen LogP contribution in [0.25, 0.3) is 0 Å². The van der Waals surface area contributed by atoms with Crippen LogP contribution in [0.5, 0.6) is 0 Å². The highest BCUT2D eigenvalue weighted by molar-refractivity contribution is 6.04. The van der Waals surface area contributed by atoms with Crippen molar-refractivity contribution < 1.29 is 9.53 Å². The highest BCUT2D eigenvalue weighted by Crippen LogP contribution is 2.48. The van der Waals surface area contributed by atoms with E-state index in [9.17, 15) is 4.79 Å². The molecule has 0 saturated carbocycles. The number of ether oxygens (including phenoxy) is 1. The molecule has 0 bridgehead atoms. The molecule has 1 N–H and O–H groups in total. The zero-order valence-electron chi connectivity index (χ0n) is 13.2. The molecule has 0 spiro atoms. The average molecular weight is 285 g/mol. The number of fused-ring (bicyclic) bond motifs is 1. The summed E-state index contributed by atoms with van der Waals surface area (Å²) in [5.41, 5.74) is 4.58. The lowest BCUT2D eigenvalue weighted by atomic mass is 9.86. The van der Waals surface area contributed by atoms with Gasteiger partial charge < -0.3 is 10.1 Å². The molecule has 3 nitrogen and oxygen atoms in total. The van der Waals surface area contributed by atoms with E-state index in [1.165, 1.54) is 11.1 Å². The third kappa shape index (κ3) is 2.35. The van der Waals surface area contributed by atoms with Crippen molar-refractivity contribution in [3.8, 4) is 0 Å². The fourth-order valence-corrected chi connectivity index (χ4v) is 3.81. The van der Waals surface area contributed by atoms with Crippen molar-refractivity contribution in [2.75, 3.05) is 11.9 Å². The lowest BCUT2D eigenvalue weighted by Gasteiger charge is -2.19. The molecule has 112 valence electrons. The molecule has 0 aromatic heterocycles. The molecule has 0 fully saturated rings. The summed E-state index contributed by atoms with van der Waals surface area (Å²) < 4.78 is 5.39. The van der Waals surface area contributed by atoms with Gasteiger partial charge in [-0.1, -0.05) is 32.9 Å². The van der Waals surface area contributed by atoms with Crippen LogP contribution in [0.4, 0.5) is 5.69 Å². The normalized spacial score (nSPS) is 23.0. The van der Waals surface area contributed by atoms with Gasteiger partial charge in [0.2, 0.25) is 0 Å². The largest absolute Gasteiger partial charge is 0.497 e. The van der Waals surface area contributed by atoms with Crippen molar-refractivity contribution in [3.63, 3.8) is 0 Å². The van der Waals surface area contributed by atoms with Crippen LogP contribution in [0.15, 0.2) is 29.5 Å². The number of anilines is 1. The first-order valence-corrected chi connectivity index (χ1v) is 7.67. The minimum Gasteiger partial charge on any atom is -0.497 e. The Morgan fingerprint density at radius 1 is 1.38 bits per heavy atom. The summed E-state index contributed by atoms with van der Waals surface area (Å²) in [5, 5.41) is 3.11. The second-order valence-corrected chi connectivity index (χ2v) is 6.84. The van der Waals surface area contributed by atoms with Gasteiger partial charge in [0, 0.05) is 12.1 Å². The quantitative estimate of drug-likeness (QED) is 0.888. The number of amides is 1. The minimum absolute atomic E-state index is 0.0182. The zero-order valence-corrected chi connectivity index (χ0v) is 13.2. The van der Waals surface area contributed by atoms with Crippen molar-refractivity contribution in [1.82, 2.24) is 0 Å². The molecule has 1 heterocycles. The number of benzene rings is 1. The summed E-state index contributed by atoms with van der Waals surface area (Å²) in [4.78, 5) is 12.4. The lowest BCUT2D eigenvalue weighted by Crippen LogP contribution is -2.16. The Kier molecular flexibility index (Phi) is 3.31. The molecule has 3 heteroatoms. The molecule has 21 heavy (non-hydrogen) atoms. The second-order valence-electron chi connectivity index (χ2n) is 6.84. The van der Waals surface area contributed by atoms with Crippen LogP contribution in [0.2, 0.25) is 0 Å². The zero-order chi connectivity index (χ0) is 15.2. The number of hydrogen-bond acceptors (Lipinski definition) is 2. The van der Waals surface area contributed by atoms with E-state index in [0.717, 1.165) is 23.4 Å². The van der Waals surface area contributed by atoms with Gasteiger partial charge in [-0.05, 0) is 41.9 Å². The summed E-state index contributed by atoms with van der Waals surface area (Å²) in [5.74, 6) is 1.21. The minimum atomic E-state index is -0.0182. The van der Waals surface area contributed by atoms with E-state index >= 15 is 0 Å². The SMILES string of the molecule is CC1=C(C(=O)Nc2cccc3c2C(C)CC3(C)C)CCO1. The molecule has 1 aromatic rings. The van der Waals surface area contributed by atoms with Crippen LogP contribution in [0, 0.1) is 0 Å². The number of hydrogen-bond donors (Lipinski definition) is 1. The first-order chi connectivity index (χ1) is 9.90. The average Bonchev–Trinajstić information content (AvgIpc) is 2.92. The van der Waals surface area contributed by atoms with Crippen LogP contribution < -0.4 is 5.32 Å². The highest BCUT2D eigenvalue weighted by Gasteiger charge is 2.36. The van der Waals surface area contributed by atoms with Crippen LogP contribution in [-0.4, -0.2) is 12.5 Å². The standard InChI is InChI=1S/C18H23NO2/c1-11-10-18(3,4)14-6-5-7-15(16(11)14)19-17(20)13-8-9-21-12(13)2/h5-7,11H,8-10H2,1-4H3,(H,19,20). The Labute approximate surface area is 126 Å². The van der Waals surface area contributed by atoms with Gasteiger partial charge in [-0.25, -0.2) is 0 Å². The van der Waals surface area contributed by atoms with Gasteiger partial charge in [0.25, 0.3) is 5.91 Å². The van der Waals surface area contributed by atoms with Crippen LogP contribution in [0.3, 0.4) is 0 Å². The van der Waals surface area contributed by atoms with Crippen LogP contribution in [-0.2, 0) is 14.9 Å². The van der Waals surface area contributed by atoms with Gasteiger partial charge in [-0.3, -0.25) is 4.79 Å². The predicted molar refractivity (Wildman–Crippen MR) is 84.4 cm³/mol. The molecular weight excluding hydrogens is 262 g/mol. The van der Waals surface area contributed by atoms with Crippen molar-refractivity contribution in [3.05, 3.63) is 40.7 Å². The topological polar surface area (TPSA) is 38.3 Å². The second kappa shape index (κ2) is 4.90. The number of rotatable bonds is 2. The predicted octanol–water partition coefficient (Wildman–Crippen LogP) is 4.10.